The maximum absolute atomic E-state index is 12.3. The zero-order valence-electron chi connectivity index (χ0n) is 12.1. The van der Waals surface area contributed by atoms with Gasteiger partial charge in [-0.15, -0.1) is 11.3 Å². The fourth-order valence-corrected chi connectivity index (χ4v) is 4.12. The van der Waals surface area contributed by atoms with Crippen LogP contribution in [-0.4, -0.2) is 25.2 Å². The van der Waals surface area contributed by atoms with E-state index in [1.165, 1.54) is 35.6 Å². The molecule has 0 radical (unpaired) electrons. The van der Waals surface area contributed by atoms with E-state index in [4.69, 9.17) is 0 Å². The van der Waals surface area contributed by atoms with Crippen molar-refractivity contribution in [1.82, 2.24) is 4.98 Å². The van der Waals surface area contributed by atoms with Gasteiger partial charge in [0.2, 0.25) is 11.8 Å². The molecule has 1 aromatic heterocycles. The second-order valence-corrected chi connectivity index (χ2v) is 7.92. The summed E-state index contributed by atoms with van der Waals surface area (Å²) in [5, 5.41) is 0.288. The summed E-state index contributed by atoms with van der Waals surface area (Å²) >= 11 is 1.23. The molecule has 7 nitrogen and oxygen atoms in total. The minimum absolute atomic E-state index is 0.0354. The summed E-state index contributed by atoms with van der Waals surface area (Å²) < 4.78 is 27.0. The number of benzene rings is 1. The normalized spacial score (nSPS) is 15.3. The van der Waals surface area contributed by atoms with E-state index >= 15 is 0 Å². The average Bonchev–Trinajstić information content (AvgIpc) is 3.04. The third-order valence-corrected chi connectivity index (χ3v) is 5.61. The summed E-state index contributed by atoms with van der Waals surface area (Å²) in [6.07, 6.45) is 1.95. The van der Waals surface area contributed by atoms with Crippen LogP contribution in [0, 0.1) is 6.92 Å². The van der Waals surface area contributed by atoms with Crippen molar-refractivity contribution in [1.29, 1.82) is 0 Å². The Bertz CT molecular complexity index is 856. The standard InChI is InChI=1S/C14H13N3O4S2/c1-9-8-15-14(22-9)16-23(20,21)11-4-2-10(3-5-11)17-12(18)6-7-13(17)19/h2-5,8H,6-7H2,1H3,(H,15,16). The highest BCUT2D eigenvalue weighted by Gasteiger charge is 2.30. The Morgan fingerprint density at radius 3 is 2.26 bits per heavy atom. The monoisotopic (exact) mass is 351 g/mol. The lowest BCUT2D eigenvalue weighted by Crippen LogP contribution is -2.28. The van der Waals surface area contributed by atoms with Gasteiger partial charge >= 0.3 is 0 Å². The van der Waals surface area contributed by atoms with Crippen LogP contribution in [0.5, 0.6) is 0 Å². The molecule has 2 aromatic rings. The first-order valence-electron chi connectivity index (χ1n) is 6.78. The molecule has 0 saturated carbocycles. The van der Waals surface area contributed by atoms with Gasteiger partial charge in [-0.05, 0) is 31.2 Å². The van der Waals surface area contributed by atoms with Crippen molar-refractivity contribution < 1.29 is 18.0 Å². The lowest BCUT2D eigenvalue weighted by molar-refractivity contribution is -0.121. The van der Waals surface area contributed by atoms with Gasteiger partial charge in [-0.1, -0.05) is 0 Å². The zero-order valence-corrected chi connectivity index (χ0v) is 13.8. The maximum atomic E-state index is 12.3. The van der Waals surface area contributed by atoms with E-state index in [1.54, 1.807) is 6.20 Å². The summed E-state index contributed by atoms with van der Waals surface area (Å²) in [7, 11) is -3.76. The number of sulfonamides is 1. The van der Waals surface area contributed by atoms with E-state index in [9.17, 15) is 18.0 Å². The van der Waals surface area contributed by atoms with Crippen LogP contribution >= 0.6 is 11.3 Å². The molecule has 3 rings (SSSR count). The Labute approximate surface area is 137 Å². The molecular formula is C14H13N3O4S2. The largest absolute Gasteiger partial charge is 0.274 e. The first-order valence-corrected chi connectivity index (χ1v) is 9.08. The van der Waals surface area contributed by atoms with Crippen molar-refractivity contribution in [2.75, 3.05) is 9.62 Å². The Balaban J connectivity index is 1.84. The van der Waals surface area contributed by atoms with Crippen LogP contribution < -0.4 is 9.62 Å². The van der Waals surface area contributed by atoms with Crippen molar-refractivity contribution in [2.24, 2.45) is 0 Å². The number of hydrogen-bond acceptors (Lipinski definition) is 6. The molecule has 9 heteroatoms. The lowest BCUT2D eigenvalue weighted by atomic mass is 10.3. The number of anilines is 2. The van der Waals surface area contributed by atoms with Crippen LogP contribution in [0.3, 0.4) is 0 Å². The van der Waals surface area contributed by atoms with E-state index in [0.29, 0.717) is 5.69 Å². The molecule has 23 heavy (non-hydrogen) atoms. The number of nitrogens with zero attached hydrogens (tertiary/aromatic N) is 2. The highest BCUT2D eigenvalue weighted by atomic mass is 32.2. The Morgan fingerprint density at radius 2 is 1.74 bits per heavy atom. The van der Waals surface area contributed by atoms with Crippen molar-refractivity contribution in [3.63, 3.8) is 0 Å². The number of hydrogen-bond donors (Lipinski definition) is 1. The van der Waals surface area contributed by atoms with Crippen molar-refractivity contribution in [3.05, 3.63) is 35.3 Å². The molecule has 1 aliphatic rings. The number of rotatable bonds is 4. The Kier molecular flexibility index (Phi) is 3.90. The number of aryl methyl sites for hydroxylation is 1. The third kappa shape index (κ3) is 3.10. The van der Waals surface area contributed by atoms with Crippen LogP contribution in [0.2, 0.25) is 0 Å². The summed E-state index contributed by atoms with van der Waals surface area (Å²) in [5.41, 5.74) is 0.376. The quantitative estimate of drug-likeness (QED) is 0.849. The fourth-order valence-electron chi connectivity index (χ4n) is 2.21. The molecule has 0 bridgehead atoms. The molecule has 2 heterocycles. The Hall–Kier alpha value is -2.26. The molecule has 1 N–H and O–H groups in total. The topological polar surface area (TPSA) is 96.4 Å². The van der Waals surface area contributed by atoms with E-state index in [1.807, 2.05) is 6.92 Å². The first-order chi connectivity index (χ1) is 10.9. The predicted molar refractivity (Wildman–Crippen MR) is 85.8 cm³/mol. The molecular weight excluding hydrogens is 338 g/mol. The van der Waals surface area contributed by atoms with Crippen LogP contribution in [0.25, 0.3) is 0 Å². The highest BCUT2D eigenvalue weighted by molar-refractivity contribution is 7.93. The number of carbonyl (C=O) groups excluding carboxylic acids is 2. The van der Waals surface area contributed by atoms with Gasteiger partial charge in [0.1, 0.15) is 0 Å². The first kappa shape index (κ1) is 15.6. The SMILES string of the molecule is Cc1cnc(NS(=O)(=O)c2ccc(N3C(=O)CCC3=O)cc2)s1. The second-order valence-electron chi connectivity index (χ2n) is 5.00. The Morgan fingerprint density at radius 1 is 1.13 bits per heavy atom. The molecule has 1 aliphatic heterocycles. The van der Waals surface area contributed by atoms with Gasteiger partial charge in [0.25, 0.3) is 10.0 Å². The summed E-state index contributed by atoms with van der Waals surface area (Å²) in [6.45, 7) is 1.83. The summed E-state index contributed by atoms with van der Waals surface area (Å²) in [4.78, 5) is 29.3. The molecule has 1 saturated heterocycles. The van der Waals surface area contributed by atoms with Gasteiger partial charge < -0.3 is 0 Å². The van der Waals surface area contributed by atoms with Gasteiger partial charge in [-0.25, -0.2) is 13.4 Å². The van der Waals surface area contributed by atoms with Gasteiger partial charge in [0.15, 0.2) is 5.13 Å². The third-order valence-electron chi connectivity index (χ3n) is 3.30. The van der Waals surface area contributed by atoms with Gasteiger partial charge in [-0.3, -0.25) is 19.2 Å². The molecule has 120 valence electrons. The average molecular weight is 351 g/mol. The number of imide groups is 1. The molecule has 1 fully saturated rings. The molecule has 1 aromatic carbocycles. The smallest absolute Gasteiger partial charge is 0.263 e. The van der Waals surface area contributed by atoms with Gasteiger partial charge in [-0.2, -0.15) is 0 Å². The predicted octanol–water partition coefficient (Wildman–Crippen LogP) is 1.91. The number of aromatic nitrogens is 1. The fraction of sp³-hybridized carbons (Fsp3) is 0.214. The van der Waals surface area contributed by atoms with E-state index in [2.05, 4.69) is 9.71 Å². The van der Waals surface area contributed by atoms with Gasteiger partial charge in [0, 0.05) is 23.9 Å². The number of thiazole rings is 1. The van der Waals surface area contributed by atoms with Crippen molar-refractivity contribution in [3.8, 4) is 0 Å². The van der Waals surface area contributed by atoms with Crippen LogP contribution in [-0.2, 0) is 19.6 Å². The molecule has 0 aliphatic carbocycles. The van der Waals surface area contributed by atoms with Crippen LogP contribution in [0.1, 0.15) is 17.7 Å². The summed E-state index contributed by atoms with van der Waals surface area (Å²) in [5.74, 6) is -0.552. The minimum Gasteiger partial charge on any atom is -0.274 e. The van der Waals surface area contributed by atoms with Crippen LogP contribution in [0.4, 0.5) is 10.8 Å². The zero-order chi connectivity index (χ0) is 16.6. The molecule has 0 atom stereocenters. The minimum atomic E-state index is -3.76. The number of carbonyl (C=O) groups is 2. The molecule has 0 spiro atoms. The molecule has 0 unspecified atom stereocenters. The maximum Gasteiger partial charge on any atom is 0.263 e. The van der Waals surface area contributed by atoms with E-state index < -0.39 is 10.0 Å². The lowest BCUT2D eigenvalue weighted by Gasteiger charge is -2.14. The van der Waals surface area contributed by atoms with Gasteiger partial charge in [0.05, 0.1) is 10.6 Å². The van der Waals surface area contributed by atoms with E-state index in [0.717, 1.165) is 9.78 Å². The summed E-state index contributed by atoms with van der Waals surface area (Å²) in [6, 6.07) is 5.61. The second kappa shape index (κ2) is 5.74. The highest BCUT2D eigenvalue weighted by Crippen LogP contribution is 2.25. The number of amides is 2. The van der Waals surface area contributed by atoms with E-state index in [-0.39, 0.29) is 34.7 Å². The molecule has 2 amide bonds. The van der Waals surface area contributed by atoms with Crippen molar-refractivity contribution in [2.45, 2.75) is 24.7 Å². The van der Waals surface area contributed by atoms with Crippen molar-refractivity contribution >= 4 is 44.0 Å². The van der Waals surface area contributed by atoms with Crippen LogP contribution in [0.15, 0.2) is 35.4 Å². The number of nitrogens with one attached hydrogen (secondary N) is 1.